The maximum atomic E-state index is 11.8. The SMILES string of the molecule is COC(=O)CC(=O)ON1C(=O)c2ccccc2C1=O. The molecule has 0 saturated carbocycles. The van der Waals surface area contributed by atoms with Gasteiger partial charge in [0.05, 0.1) is 18.2 Å². The molecule has 0 bridgehead atoms. The van der Waals surface area contributed by atoms with Crippen LogP contribution in [0.3, 0.4) is 0 Å². The summed E-state index contributed by atoms with van der Waals surface area (Å²) in [5.41, 5.74) is 0.303. The summed E-state index contributed by atoms with van der Waals surface area (Å²) >= 11 is 0. The number of hydrogen-bond donors (Lipinski definition) is 0. The highest BCUT2D eigenvalue weighted by Gasteiger charge is 2.38. The summed E-state index contributed by atoms with van der Waals surface area (Å²) in [5.74, 6) is -3.33. The summed E-state index contributed by atoms with van der Waals surface area (Å²) in [5, 5.41) is 0.343. The second kappa shape index (κ2) is 4.89. The molecule has 0 unspecified atom stereocenters. The minimum Gasteiger partial charge on any atom is -0.469 e. The molecular formula is C12H9NO6. The lowest BCUT2D eigenvalue weighted by Gasteiger charge is -2.11. The van der Waals surface area contributed by atoms with Crippen LogP contribution in [0, 0.1) is 0 Å². The van der Waals surface area contributed by atoms with Crippen molar-refractivity contribution in [2.45, 2.75) is 6.42 Å². The molecule has 1 aromatic rings. The Balaban J connectivity index is 2.12. The van der Waals surface area contributed by atoms with Gasteiger partial charge in [0, 0.05) is 0 Å². The van der Waals surface area contributed by atoms with E-state index in [1.54, 1.807) is 12.1 Å². The van der Waals surface area contributed by atoms with Crippen LogP contribution in [0.4, 0.5) is 0 Å². The highest BCUT2D eigenvalue weighted by Crippen LogP contribution is 2.22. The molecule has 0 N–H and O–H groups in total. The minimum atomic E-state index is -1.04. The van der Waals surface area contributed by atoms with Gasteiger partial charge < -0.3 is 9.57 Å². The first-order chi connectivity index (χ1) is 9.04. The van der Waals surface area contributed by atoms with E-state index in [0.717, 1.165) is 7.11 Å². The molecule has 0 saturated heterocycles. The van der Waals surface area contributed by atoms with Crippen molar-refractivity contribution in [3.63, 3.8) is 0 Å². The molecule has 0 radical (unpaired) electrons. The molecule has 19 heavy (non-hydrogen) atoms. The Hall–Kier alpha value is -2.70. The van der Waals surface area contributed by atoms with Crippen LogP contribution >= 0.6 is 0 Å². The summed E-state index contributed by atoms with van der Waals surface area (Å²) < 4.78 is 4.27. The number of hydroxylamine groups is 2. The van der Waals surface area contributed by atoms with Crippen LogP contribution in [-0.2, 0) is 19.2 Å². The van der Waals surface area contributed by atoms with Crippen LogP contribution < -0.4 is 0 Å². The van der Waals surface area contributed by atoms with Crippen molar-refractivity contribution >= 4 is 23.8 Å². The predicted octanol–water partition coefficient (Wildman–Crippen LogP) is 0.304. The van der Waals surface area contributed by atoms with Crippen molar-refractivity contribution in [1.29, 1.82) is 0 Å². The normalized spacial score (nSPS) is 13.2. The number of ether oxygens (including phenoxy) is 1. The standard InChI is InChI=1S/C12H9NO6/c1-18-9(14)6-10(15)19-13-11(16)7-4-2-3-5-8(7)12(13)17/h2-5H,6H2,1H3. The van der Waals surface area contributed by atoms with Gasteiger partial charge in [-0.1, -0.05) is 17.2 Å². The van der Waals surface area contributed by atoms with Gasteiger partial charge in [0.15, 0.2) is 0 Å². The Kier molecular flexibility index (Phi) is 3.28. The molecule has 0 atom stereocenters. The highest BCUT2D eigenvalue weighted by molar-refractivity contribution is 6.21. The lowest BCUT2D eigenvalue weighted by Crippen LogP contribution is -2.33. The van der Waals surface area contributed by atoms with E-state index in [0.29, 0.717) is 5.06 Å². The number of amides is 2. The Labute approximate surface area is 107 Å². The Morgan fingerprint density at radius 1 is 1.05 bits per heavy atom. The van der Waals surface area contributed by atoms with E-state index >= 15 is 0 Å². The molecule has 0 aliphatic carbocycles. The maximum Gasteiger partial charge on any atom is 0.344 e. The van der Waals surface area contributed by atoms with E-state index in [-0.39, 0.29) is 11.1 Å². The molecule has 1 aliphatic rings. The maximum absolute atomic E-state index is 11.8. The lowest BCUT2D eigenvalue weighted by atomic mass is 10.1. The van der Waals surface area contributed by atoms with Crippen LogP contribution in [-0.4, -0.2) is 35.9 Å². The average molecular weight is 263 g/mol. The van der Waals surface area contributed by atoms with Gasteiger partial charge in [0.2, 0.25) is 0 Å². The number of nitrogens with zero attached hydrogens (tertiary/aromatic N) is 1. The molecule has 2 rings (SSSR count). The molecule has 0 fully saturated rings. The van der Waals surface area contributed by atoms with E-state index in [4.69, 9.17) is 0 Å². The van der Waals surface area contributed by atoms with E-state index in [1.165, 1.54) is 12.1 Å². The second-order valence-electron chi connectivity index (χ2n) is 3.67. The van der Waals surface area contributed by atoms with Crippen LogP contribution in [0.15, 0.2) is 24.3 Å². The Morgan fingerprint density at radius 2 is 1.58 bits per heavy atom. The molecule has 0 aromatic heterocycles. The number of carbonyl (C=O) groups excluding carboxylic acids is 4. The summed E-state index contributed by atoms with van der Waals surface area (Å²) in [6.45, 7) is 0. The number of carbonyl (C=O) groups is 4. The zero-order valence-electron chi connectivity index (χ0n) is 9.91. The summed E-state index contributed by atoms with van der Waals surface area (Å²) in [7, 11) is 1.11. The second-order valence-corrected chi connectivity index (χ2v) is 3.67. The Bertz CT molecular complexity index is 544. The molecule has 7 heteroatoms. The van der Waals surface area contributed by atoms with E-state index in [1.807, 2.05) is 0 Å². The first-order valence-electron chi connectivity index (χ1n) is 5.30. The first-order valence-corrected chi connectivity index (χ1v) is 5.30. The fourth-order valence-electron chi connectivity index (χ4n) is 1.57. The fraction of sp³-hybridized carbons (Fsp3) is 0.167. The molecule has 2 amide bonds. The third-order valence-electron chi connectivity index (χ3n) is 2.47. The number of methoxy groups -OCH3 is 1. The molecule has 1 aromatic carbocycles. The van der Waals surface area contributed by atoms with Crippen LogP contribution in [0.5, 0.6) is 0 Å². The number of esters is 1. The molecule has 1 aliphatic heterocycles. The topological polar surface area (TPSA) is 90.0 Å². The van der Waals surface area contributed by atoms with Crippen LogP contribution in [0.25, 0.3) is 0 Å². The first kappa shape index (κ1) is 12.7. The van der Waals surface area contributed by atoms with Gasteiger partial charge in [-0.25, -0.2) is 4.79 Å². The van der Waals surface area contributed by atoms with Gasteiger partial charge in [-0.3, -0.25) is 14.4 Å². The largest absolute Gasteiger partial charge is 0.469 e. The monoisotopic (exact) mass is 263 g/mol. The summed E-state index contributed by atoms with van der Waals surface area (Å²) in [6, 6.07) is 6.07. The summed E-state index contributed by atoms with van der Waals surface area (Å²) in [6.07, 6.45) is -0.677. The van der Waals surface area contributed by atoms with E-state index in [2.05, 4.69) is 9.57 Å². The van der Waals surface area contributed by atoms with Crippen LogP contribution in [0.2, 0.25) is 0 Å². The lowest BCUT2D eigenvalue weighted by molar-refractivity contribution is -0.172. The van der Waals surface area contributed by atoms with Gasteiger partial charge >= 0.3 is 11.9 Å². The van der Waals surface area contributed by atoms with Crippen molar-refractivity contribution in [3.05, 3.63) is 35.4 Å². The number of benzene rings is 1. The van der Waals surface area contributed by atoms with E-state index < -0.39 is 30.2 Å². The summed E-state index contributed by atoms with van der Waals surface area (Å²) in [4.78, 5) is 50.4. The third-order valence-corrected chi connectivity index (χ3v) is 2.47. The van der Waals surface area contributed by atoms with Crippen molar-refractivity contribution in [2.24, 2.45) is 0 Å². The molecule has 7 nitrogen and oxygen atoms in total. The minimum absolute atomic E-state index is 0.151. The van der Waals surface area contributed by atoms with Crippen molar-refractivity contribution < 1.29 is 28.8 Å². The number of rotatable bonds is 3. The zero-order valence-corrected chi connectivity index (χ0v) is 9.91. The molecule has 98 valence electrons. The van der Waals surface area contributed by atoms with Gasteiger partial charge in [-0.2, -0.15) is 0 Å². The third kappa shape index (κ3) is 2.30. The molecule has 0 spiro atoms. The van der Waals surface area contributed by atoms with E-state index in [9.17, 15) is 19.2 Å². The average Bonchev–Trinajstić information content (AvgIpc) is 2.64. The van der Waals surface area contributed by atoms with Gasteiger partial charge in [0.25, 0.3) is 11.8 Å². The number of fused-ring (bicyclic) bond motifs is 1. The van der Waals surface area contributed by atoms with Gasteiger partial charge in [-0.15, -0.1) is 0 Å². The smallest absolute Gasteiger partial charge is 0.344 e. The van der Waals surface area contributed by atoms with Crippen LogP contribution in [0.1, 0.15) is 27.1 Å². The highest BCUT2D eigenvalue weighted by atomic mass is 16.7. The van der Waals surface area contributed by atoms with Crippen molar-refractivity contribution in [1.82, 2.24) is 5.06 Å². The van der Waals surface area contributed by atoms with Gasteiger partial charge in [0.1, 0.15) is 6.42 Å². The molecule has 1 heterocycles. The van der Waals surface area contributed by atoms with Gasteiger partial charge in [-0.05, 0) is 12.1 Å². The predicted molar refractivity (Wildman–Crippen MR) is 59.7 cm³/mol. The quantitative estimate of drug-likeness (QED) is 0.442. The molecular weight excluding hydrogens is 254 g/mol. The zero-order chi connectivity index (χ0) is 14.0. The fourth-order valence-corrected chi connectivity index (χ4v) is 1.57. The van der Waals surface area contributed by atoms with Crippen molar-refractivity contribution in [3.8, 4) is 0 Å². The number of hydrogen-bond acceptors (Lipinski definition) is 6. The number of imide groups is 1. The Morgan fingerprint density at radius 3 is 2.05 bits per heavy atom. The van der Waals surface area contributed by atoms with Crippen molar-refractivity contribution in [2.75, 3.05) is 7.11 Å².